The summed E-state index contributed by atoms with van der Waals surface area (Å²) < 4.78 is 0. The molecule has 1 atom stereocenters. The minimum absolute atomic E-state index is 0.132. The molecule has 0 aliphatic carbocycles. The largest absolute Gasteiger partial charge is 0.328 e. The van der Waals surface area contributed by atoms with Crippen molar-refractivity contribution in [3.05, 3.63) is 59.2 Å². The minimum atomic E-state index is 0.132. The molecule has 0 radical (unpaired) electrons. The second-order valence-corrected chi connectivity index (χ2v) is 4.81. The summed E-state index contributed by atoms with van der Waals surface area (Å²) in [6.45, 7) is 4.07. The van der Waals surface area contributed by atoms with Crippen LogP contribution < -0.4 is 5.73 Å². The average Bonchev–Trinajstić information content (AvgIpc) is 2.32. The number of benzene rings is 1. The zero-order chi connectivity index (χ0) is 13.0. The third kappa shape index (κ3) is 3.64. The van der Waals surface area contributed by atoms with Crippen LogP contribution in [-0.2, 0) is 12.8 Å². The van der Waals surface area contributed by atoms with Crippen molar-refractivity contribution in [2.24, 2.45) is 5.73 Å². The monoisotopic (exact) mass is 241 g/mol. The standard InChI is InChI=1S/C15H19N3/c1-11-3-5-13(6-4-11)10-15-17-8-7-14(18-15)9-12(2)16/h3-8,12H,9-10,16H2,1-2H3. The molecule has 1 aromatic carbocycles. The Morgan fingerprint density at radius 1 is 1.17 bits per heavy atom. The van der Waals surface area contributed by atoms with Gasteiger partial charge in [0.1, 0.15) is 5.82 Å². The Morgan fingerprint density at radius 2 is 1.89 bits per heavy atom. The molecule has 3 heteroatoms. The van der Waals surface area contributed by atoms with Crippen LogP contribution in [0, 0.1) is 6.92 Å². The lowest BCUT2D eigenvalue weighted by molar-refractivity contribution is 0.713. The molecule has 0 aliphatic rings. The van der Waals surface area contributed by atoms with Crippen molar-refractivity contribution < 1.29 is 0 Å². The van der Waals surface area contributed by atoms with Crippen LogP contribution in [0.15, 0.2) is 36.5 Å². The van der Waals surface area contributed by atoms with Gasteiger partial charge < -0.3 is 5.73 Å². The molecule has 1 unspecified atom stereocenters. The molecule has 1 heterocycles. The van der Waals surface area contributed by atoms with Gasteiger partial charge in [0.2, 0.25) is 0 Å². The third-order valence-electron chi connectivity index (χ3n) is 2.78. The maximum absolute atomic E-state index is 5.78. The molecule has 1 aromatic heterocycles. The molecule has 0 fully saturated rings. The lowest BCUT2D eigenvalue weighted by atomic mass is 10.1. The van der Waals surface area contributed by atoms with Gasteiger partial charge in [-0.15, -0.1) is 0 Å². The number of aryl methyl sites for hydroxylation is 1. The van der Waals surface area contributed by atoms with Crippen molar-refractivity contribution in [3.63, 3.8) is 0 Å². The molecule has 94 valence electrons. The van der Waals surface area contributed by atoms with Crippen LogP contribution in [0.1, 0.15) is 29.6 Å². The molecule has 0 amide bonds. The van der Waals surface area contributed by atoms with Crippen LogP contribution in [0.3, 0.4) is 0 Å². The summed E-state index contributed by atoms with van der Waals surface area (Å²) >= 11 is 0. The van der Waals surface area contributed by atoms with Crippen molar-refractivity contribution in [2.75, 3.05) is 0 Å². The van der Waals surface area contributed by atoms with E-state index in [2.05, 4.69) is 41.2 Å². The molecule has 2 N–H and O–H groups in total. The lowest BCUT2D eigenvalue weighted by Crippen LogP contribution is -2.19. The topological polar surface area (TPSA) is 51.8 Å². The van der Waals surface area contributed by atoms with Gasteiger partial charge in [-0.25, -0.2) is 9.97 Å². The Balaban J connectivity index is 2.11. The first kappa shape index (κ1) is 12.7. The van der Waals surface area contributed by atoms with E-state index < -0.39 is 0 Å². The van der Waals surface area contributed by atoms with Gasteiger partial charge in [-0.1, -0.05) is 29.8 Å². The van der Waals surface area contributed by atoms with Crippen molar-refractivity contribution in [1.29, 1.82) is 0 Å². The van der Waals surface area contributed by atoms with E-state index in [0.29, 0.717) is 0 Å². The molecule has 0 saturated heterocycles. The number of hydrogen-bond donors (Lipinski definition) is 1. The van der Waals surface area contributed by atoms with E-state index in [4.69, 9.17) is 5.73 Å². The molecule has 18 heavy (non-hydrogen) atoms. The molecule has 0 bridgehead atoms. The highest BCUT2D eigenvalue weighted by molar-refractivity contribution is 5.24. The predicted molar refractivity (Wildman–Crippen MR) is 73.4 cm³/mol. The molecule has 2 aromatic rings. The van der Waals surface area contributed by atoms with Crippen LogP contribution in [0.2, 0.25) is 0 Å². The van der Waals surface area contributed by atoms with E-state index in [-0.39, 0.29) is 6.04 Å². The summed E-state index contributed by atoms with van der Waals surface area (Å²) in [5.41, 5.74) is 9.30. The molecule has 3 nitrogen and oxygen atoms in total. The summed E-state index contributed by atoms with van der Waals surface area (Å²) in [4.78, 5) is 8.85. The maximum Gasteiger partial charge on any atom is 0.132 e. The first-order chi connectivity index (χ1) is 8.63. The van der Waals surface area contributed by atoms with Crippen molar-refractivity contribution in [3.8, 4) is 0 Å². The molecule has 0 aliphatic heterocycles. The van der Waals surface area contributed by atoms with E-state index in [1.54, 1.807) is 0 Å². The lowest BCUT2D eigenvalue weighted by Gasteiger charge is -2.06. The Labute approximate surface area is 108 Å². The smallest absolute Gasteiger partial charge is 0.132 e. The van der Waals surface area contributed by atoms with Crippen molar-refractivity contribution in [2.45, 2.75) is 32.7 Å². The third-order valence-corrected chi connectivity index (χ3v) is 2.78. The van der Waals surface area contributed by atoms with Crippen LogP contribution in [-0.4, -0.2) is 16.0 Å². The normalized spacial score (nSPS) is 12.4. The minimum Gasteiger partial charge on any atom is -0.328 e. The Morgan fingerprint density at radius 3 is 2.56 bits per heavy atom. The van der Waals surface area contributed by atoms with Crippen LogP contribution in [0.25, 0.3) is 0 Å². The average molecular weight is 241 g/mol. The molecular formula is C15H19N3. The highest BCUT2D eigenvalue weighted by atomic mass is 14.9. The van der Waals surface area contributed by atoms with Crippen LogP contribution >= 0.6 is 0 Å². The van der Waals surface area contributed by atoms with E-state index in [0.717, 1.165) is 24.4 Å². The summed E-state index contributed by atoms with van der Waals surface area (Å²) in [7, 11) is 0. The first-order valence-corrected chi connectivity index (χ1v) is 6.25. The van der Waals surface area contributed by atoms with Gasteiger partial charge in [-0.3, -0.25) is 0 Å². The summed E-state index contributed by atoms with van der Waals surface area (Å²) in [5.74, 6) is 0.858. The molecule has 0 saturated carbocycles. The van der Waals surface area contributed by atoms with Gasteiger partial charge in [-0.2, -0.15) is 0 Å². The SMILES string of the molecule is Cc1ccc(Cc2nccc(CC(C)N)n2)cc1. The number of aromatic nitrogens is 2. The highest BCUT2D eigenvalue weighted by Crippen LogP contribution is 2.08. The van der Waals surface area contributed by atoms with Gasteiger partial charge in [0.15, 0.2) is 0 Å². The fourth-order valence-corrected chi connectivity index (χ4v) is 1.86. The van der Waals surface area contributed by atoms with Gasteiger partial charge in [0, 0.05) is 30.8 Å². The Kier molecular flexibility index (Phi) is 4.05. The van der Waals surface area contributed by atoms with Gasteiger partial charge in [0.25, 0.3) is 0 Å². The van der Waals surface area contributed by atoms with Crippen LogP contribution in [0.4, 0.5) is 0 Å². The number of nitrogens with two attached hydrogens (primary N) is 1. The fraction of sp³-hybridized carbons (Fsp3) is 0.333. The van der Waals surface area contributed by atoms with Gasteiger partial charge in [0.05, 0.1) is 0 Å². The zero-order valence-corrected chi connectivity index (χ0v) is 10.9. The number of nitrogens with zero attached hydrogens (tertiary/aromatic N) is 2. The Hall–Kier alpha value is -1.74. The zero-order valence-electron chi connectivity index (χ0n) is 10.9. The summed E-state index contributed by atoms with van der Waals surface area (Å²) in [5, 5.41) is 0. The number of hydrogen-bond acceptors (Lipinski definition) is 3. The van der Waals surface area contributed by atoms with Crippen molar-refractivity contribution in [1.82, 2.24) is 9.97 Å². The van der Waals surface area contributed by atoms with E-state index in [9.17, 15) is 0 Å². The molecule has 2 rings (SSSR count). The van der Waals surface area contributed by atoms with E-state index in [1.165, 1.54) is 11.1 Å². The van der Waals surface area contributed by atoms with E-state index >= 15 is 0 Å². The molecule has 0 spiro atoms. The molecular weight excluding hydrogens is 222 g/mol. The van der Waals surface area contributed by atoms with Crippen molar-refractivity contribution >= 4 is 0 Å². The first-order valence-electron chi connectivity index (χ1n) is 6.25. The van der Waals surface area contributed by atoms with Gasteiger partial charge in [-0.05, 0) is 25.5 Å². The van der Waals surface area contributed by atoms with Crippen LogP contribution in [0.5, 0.6) is 0 Å². The number of rotatable bonds is 4. The summed E-state index contributed by atoms with van der Waals surface area (Å²) in [6.07, 6.45) is 3.38. The fourth-order valence-electron chi connectivity index (χ4n) is 1.86. The second-order valence-electron chi connectivity index (χ2n) is 4.81. The summed E-state index contributed by atoms with van der Waals surface area (Å²) in [6, 6.07) is 10.5. The maximum atomic E-state index is 5.78. The quantitative estimate of drug-likeness (QED) is 0.893. The second kappa shape index (κ2) is 5.74. The Bertz CT molecular complexity index is 503. The highest BCUT2D eigenvalue weighted by Gasteiger charge is 2.03. The predicted octanol–water partition coefficient (Wildman–Crippen LogP) is 2.27. The van der Waals surface area contributed by atoms with Gasteiger partial charge >= 0.3 is 0 Å². The van der Waals surface area contributed by atoms with E-state index in [1.807, 2.05) is 19.2 Å².